The van der Waals surface area contributed by atoms with Crippen LogP contribution in [0.1, 0.15) is 66.2 Å². The van der Waals surface area contributed by atoms with E-state index in [1.807, 2.05) is 6.21 Å². The zero-order valence-corrected chi connectivity index (χ0v) is 17.5. The molecule has 2 fully saturated rings. The lowest BCUT2D eigenvalue weighted by Gasteiger charge is -2.56. The van der Waals surface area contributed by atoms with Gasteiger partial charge < -0.3 is 10.3 Å². The average Bonchev–Trinajstić information content (AvgIpc) is 2.63. The number of allylic oxidation sites excluding steroid dienone is 4. The molecule has 0 bridgehead atoms. The van der Waals surface area contributed by atoms with E-state index in [1.165, 1.54) is 56.6 Å². The van der Waals surface area contributed by atoms with E-state index in [1.54, 1.807) is 0 Å². The van der Waals surface area contributed by atoms with Crippen molar-refractivity contribution in [3.63, 3.8) is 0 Å². The van der Waals surface area contributed by atoms with Crippen LogP contribution in [0.5, 0.6) is 0 Å². The van der Waals surface area contributed by atoms with E-state index in [2.05, 4.69) is 73.4 Å². The fraction of sp³-hybridized carbons (Fsp3) is 0.682. The monoisotopic (exact) mass is 358 g/mol. The number of nitrogens with one attached hydrogen (secondary N) is 1. The molecule has 1 saturated heterocycles. The molecule has 4 heteroatoms. The van der Waals surface area contributed by atoms with Gasteiger partial charge in [-0.1, -0.05) is 32.3 Å². The number of aliphatic imine (C=N–C) groups is 1. The Morgan fingerprint density at radius 3 is 2.46 bits per heavy atom. The Morgan fingerprint density at radius 2 is 1.88 bits per heavy atom. The van der Waals surface area contributed by atoms with E-state index in [-0.39, 0.29) is 0 Å². The molecule has 1 spiro atoms. The second-order valence-corrected chi connectivity index (χ2v) is 7.78. The smallest absolute Gasteiger partial charge is 0.0585 e. The number of hydrogen-bond donors (Lipinski definition) is 1. The summed E-state index contributed by atoms with van der Waals surface area (Å²) in [5, 5.41) is 8.41. The van der Waals surface area contributed by atoms with Crippen LogP contribution < -0.4 is 5.32 Å². The molecule has 0 atom stereocenters. The normalized spacial score (nSPS) is 22.0. The largest absolute Gasteiger partial charge is 0.360 e. The van der Waals surface area contributed by atoms with Crippen LogP contribution in [0.3, 0.4) is 0 Å². The summed E-state index contributed by atoms with van der Waals surface area (Å²) in [6.45, 7) is 11.7. The second-order valence-electron chi connectivity index (χ2n) is 7.78. The number of hydrogen-bond acceptors (Lipinski definition) is 4. The molecule has 1 aliphatic carbocycles. The van der Waals surface area contributed by atoms with Crippen molar-refractivity contribution in [2.45, 2.75) is 66.2 Å². The summed E-state index contributed by atoms with van der Waals surface area (Å²) in [7, 11) is 2.22. The number of nitrogens with zero attached hydrogens (tertiary/aromatic N) is 3. The predicted molar refractivity (Wildman–Crippen MR) is 113 cm³/mol. The average molecular weight is 359 g/mol. The van der Waals surface area contributed by atoms with Crippen LogP contribution in [0.25, 0.3) is 0 Å². The molecule has 146 valence electrons. The van der Waals surface area contributed by atoms with Gasteiger partial charge in [-0.05, 0) is 57.1 Å². The van der Waals surface area contributed by atoms with Gasteiger partial charge in [-0.25, -0.2) is 5.01 Å². The molecular formula is C22H38N4. The van der Waals surface area contributed by atoms with Crippen molar-refractivity contribution >= 4 is 6.21 Å². The highest BCUT2D eigenvalue weighted by Crippen LogP contribution is 2.44. The third kappa shape index (κ3) is 5.23. The summed E-state index contributed by atoms with van der Waals surface area (Å²) in [4.78, 5) is 4.31. The number of hydrazine groups is 1. The molecule has 0 aromatic carbocycles. The van der Waals surface area contributed by atoms with Gasteiger partial charge >= 0.3 is 0 Å². The van der Waals surface area contributed by atoms with Gasteiger partial charge in [-0.2, -0.15) is 0 Å². The lowest BCUT2D eigenvalue weighted by atomic mass is 9.69. The maximum absolute atomic E-state index is 4.31. The first-order valence-corrected chi connectivity index (χ1v) is 10.3. The molecule has 1 aliphatic heterocycles. The highest BCUT2D eigenvalue weighted by atomic mass is 15.6. The van der Waals surface area contributed by atoms with Crippen molar-refractivity contribution in [3.05, 3.63) is 35.3 Å². The molecule has 1 N–H and O–H groups in total. The minimum atomic E-state index is 0.604. The molecule has 26 heavy (non-hydrogen) atoms. The molecule has 0 aromatic heterocycles. The molecule has 4 nitrogen and oxygen atoms in total. The Labute approximate surface area is 160 Å². The van der Waals surface area contributed by atoms with E-state index in [4.69, 9.17) is 0 Å². The van der Waals surface area contributed by atoms with Crippen LogP contribution in [-0.4, -0.2) is 42.9 Å². The van der Waals surface area contributed by atoms with Gasteiger partial charge in [0.25, 0.3) is 0 Å². The van der Waals surface area contributed by atoms with Crippen LogP contribution in [-0.2, 0) is 0 Å². The van der Waals surface area contributed by atoms with Gasteiger partial charge in [0.2, 0.25) is 0 Å². The van der Waals surface area contributed by atoms with Gasteiger partial charge in [0.15, 0.2) is 0 Å². The third-order valence-corrected chi connectivity index (χ3v) is 5.68. The first kappa shape index (κ1) is 20.8. The number of rotatable bonds is 8. The van der Waals surface area contributed by atoms with Crippen molar-refractivity contribution in [1.82, 2.24) is 15.3 Å². The maximum Gasteiger partial charge on any atom is 0.0585 e. The van der Waals surface area contributed by atoms with Gasteiger partial charge in [0.1, 0.15) is 0 Å². The van der Waals surface area contributed by atoms with Crippen LogP contribution in [0, 0.1) is 5.41 Å². The quantitative estimate of drug-likeness (QED) is 0.495. The summed E-state index contributed by atoms with van der Waals surface area (Å²) in [6.07, 6.45) is 16.4. The fourth-order valence-corrected chi connectivity index (χ4v) is 4.18. The molecular weight excluding hydrogens is 320 g/mol. The Morgan fingerprint density at radius 1 is 1.19 bits per heavy atom. The van der Waals surface area contributed by atoms with Gasteiger partial charge in [-0.15, -0.1) is 0 Å². The van der Waals surface area contributed by atoms with Gasteiger partial charge in [0.05, 0.1) is 11.4 Å². The van der Waals surface area contributed by atoms with E-state index in [9.17, 15) is 0 Å². The molecule has 0 amide bonds. The maximum atomic E-state index is 4.31. The molecule has 1 saturated carbocycles. The van der Waals surface area contributed by atoms with E-state index in [0.717, 1.165) is 18.5 Å². The molecule has 1 heterocycles. The molecule has 0 unspecified atom stereocenters. The lowest BCUT2D eigenvalue weighted by Crippen LogP contribution is -2.62. The summed E-state index contributed by atoms with van der Waals surface area (Å²) in [5.41, 5.74) is 4.25. The molecule has 0 aromatic rings. The molecule has 0 radical (unpaired) electrons. The fourth-order valence-electron chi connectivity index (χ4n) is 4.18. The van der Waals surface area contributed by atoms with Crippen molar-refractivity contribution in [2.75, 3.05) is 26.7 Å². The topological polar surface area (TPSA) is 30.9 Å². The van der Waals surface area contributed by atoms with Gasteiger partial charge in [-0.3, -0.25) is 4.99 Å². The highest BCUT2D eigenvalue weighted by Gasteiger charge is 2.45. The first-order valence-electron chi connectivity index (χ1n) is 10.3. The van der Waals surface area contributed by atoms with Crippen molar-refractivity contribution in [2.24, 2.45) is 10.4 Å². The first-order chi connectivity index (χ1) is 12.5. The van der Waals surface area contributed by atoms with E-state index < -0.39 is 0 Å². The van der Waals surface area contributed by atoms with Crippen molar-refractivity contribution < 1.29 is 0 Å². The molecule has 2 rings (SSSR count). The summed E-state index contributed by atoms with van der Waals surface area (Å²) < 4.78 is 0. The zero-order valence-electron chi connectivity index (χ0n) is 17.5. The van der Waals surface area contributed by atoms with E-state index in [0.29, 0.717) is 5.41 Å². The van der Waals surface area contributed by atoms with Crippen molar-refractivity contribution in [3.8, 4) is 0 Å². The van der Waals surface area contributed by atoms with Crippen molar-refractivity contribution in [1.29, 1.82) is 0 Å². The predicted octanol–water partition coefficient (Wildman–Crippen LogP) is 4.88. The van der Waals surface area contributed by atoms with Crippen LogP contribution in [0.4, 0.5) is 0 Å². The van der Waals surface area contributed by atoms with Crippen LogP contribution in [0.2, 0.25) is 0 Å². The third-order valence-electron chi connectivity index (χ3n) is 5.68. The summed E-state index contributed by atoms with van der Waals surface area (Å²) in [5.74, 6) is 0. The summed E-state index contributed by atoms with van der Waals surface area (Å²) in [6, 6.07) is 0. The van der Waals surface area contributed by atoms with E-state index >= 15 is 0 Å². The Bertz CT molecular complexity index is 557. The standard InChI is InChI=1S/C22H38N4/c1-6-12-20(24-16-19(4)15-23-8-3)21(7-2)25(5)26-17-22(18-26)13-10-9-11-14-22/h6,12,15-16,24H,7-11,13-14,17-18H2,1-5H3/b12-6-,19-16?,21-20+,23-15?. The Kier molecular flexibility index (Phi) is 7.95. The lowest BCUT2D eigenvalue weighted by molar-refractivity contribution is -0.136. The molecule has 2 aliphatic rings. The van der Waals surface area contributed by atoms with Crippen LogP contribution >= 0.6 is 0 Å². The van der Waals surface area contributed by atoms with Crippen LogP contribution in [0.15, 0.2) is 40.3 Å². The van der Waals surface area contributed by atoms with Gasteiger partial charge in [0, 0.05) is 39.1 Å². The minimum absolute atomic E-state index is 0.604. The highest BCUT2D eigenvalue weighted by molar-refractivity contribution is 5.77. The Hall–Kier alpha value is -1.55. The SMILES string of the molecule is C/C=C\C(NC=C(C)C=NCC)=C(\CC)N(C)N1CC2(CCCCC2)C1. The zero-order chi connectivity index (χ0) is 19.0. The Balaban J connectivity index is 2.08. The minimum Gasteiger partial charge on any atom is -0.360 e. The second kappa shape index (κ2) is 9.96. The summed E-state index contributed by atoms with van der Waals surface area (Å²) >= 11 is 0.